The molecule has 29 heavy (non-hydrogen) atoms. The monoisotopic (exact) mass is 416 g/mol. The van der Waals surface area contributed by atoms with Gasteiger partial charge in [-0.1, -0.05) is 12.1 Å². The normalized spacial score (nSPS) is 15.0. The van der Waals surface area contributed by atoms with Crippen molar-refractivity contribution >= 4 is 21.6 Å². The van der Waals surface area contributed by atoms with Crippen molar-refractivity contribution in [2.24, 2.45) is 0 Å². The second kappa shape index (κ2) is 8.45. The highest BCUT2D eigenvalue weighted by Gasteiger charge is 2.25. The molecule has 0 aliphatic carbocycles. The number of benzene rings is 2. The Morgan fingerprint density at radius 3 is 2.59 bits per heavy atom. The summed E-state index contributed by atoms with van der Waals surface area (Å²) in [5, 5.41) is 3.01. The van der Waals surface area contributed by atoms with Crippen LogP contribution >= 0.6 is 0 Å². The summed E-state index contributed by atoms with van der Waals surface area (Å²) in [5.74, 6) is 0.584. The fraction of sp³-hybridized carbons (Fsp3) is 0.409. The topological polar surface area (TPSA) is 75.7 Å². The van der Waals surface area contributed by atoms with E-state index in [9.17, 15) is 13.2 Å². The van der Waals surface area contributed by atoms with E-state index in [1.165, 1.54) is 10.6 Å². The summed E-state index contributed by atoms with van der Waals surface area (Å²) >= 11 is 0. The Kier molecular flexibility index (Phi) is 6.17. The summed E-state index contributed by atoms with van der Waals surface area (Å²) in [6, 6.07) is 12.7. The smallest absolute Gasteiger partial charge is 0.251 e. The van der Waals surface area contributed by atoms with E-state index in [2.05, 4.69) is 5.32 Å². The summed E-state index contributed by atoms with van der Waals surface area (Å²) < 4.78 is 31.1. The lowest BCUT2D eigenvalue weighted by Crippen LogP contribution is -2.35. The van der Waals surface area contributed by atoms with Crippen LogP contribution in [-0.4, -0.2) is 33.2 Å². The molecule has 0 bridgehead atoms. The second-order valence-corrected chi connectivity index (χ2v) is 9.62. The molecule has 0 spiro atoms. The van der Waals surface area contributed by atoms with Crippen molar-refractivity contribution in [1.29, 1.82) is 0 Å². The minimum atomic E-state index is -3.32. The maximum absolute atomic E-state index is 12.8. The van der Waals surface area contributed by atoms with Crippen molar-refractivity contribution < 1.29 is 17.9 Å². The SMILES string of the molecule is CC(C)Oc1cccc(C(C)NC(=O)c2ccc3c(c2)CCCN3S(C)(=O)=O)c1. The summed E-state index contributed by atoms with van der Waals surface area (Å²) in [5.41, 5.74) is 3.04. The molecule has 6 nitrogen and oxygen atoms in total. The molecular formula is C22H28N2O4S. The van der Waals surface area contributed by atoms with Gasteiger partial charge in [-0.15, -0.1) is 0 Å². The van der Waals surface area contributed by atoms with E-state index in [-0.39, 0.29) is 18.1 Å². The Bertz CT molecular complexity index is 1000. The lowest BCUT2D eigenvalue weighted by molar-refractivity contribution is 0.0939. The Balaban J connectivity index is 1.76. The molecule has 0 saturated heterocycles. The molecule has 1 aliphatic rings. The third-order valence-electron chi connectivity index (χ3n) is 4.90. The van der Waals surface area contributed by atoms with Crippen molar-refractivity contribution in [2.45, 2.75) is 45.8 Å². The molecule has 1 atom stereocenters. The molecule has 2 aromatic rings. The van der Waals surface area contributed by atoms with Gasteiger partial charge < -0.3 is 10.1 Å². The first kappa shape index (κ1) is 21.2. The molecule has 156 valence electrons. The van der Waals surface area contributed by atoms with Gasteiger partial charge in [-0.25, -0.2) is 8.42 Å². The number of nitrogens with zero attached hydrogens (tertiary/aromatic N) is 1. The molecule has 0 saturated carbocycles. The number of ether oxygens (including phenoxy) is 1. The summed E-state index contributed by atoms with van der Waals surface area (Å²) in [6.07, 6.45) is 2.79. The van der Waals surface area contributed by atoms with Gasteiger partial charge in [0.05, 0.1) is 24.1 Å². The molecule has 1 unspecified atom stereocenters. The maximum atomic E-state index is 12.8. The van der Waals surface area contributed by atoms with Crippen LogP contribution in [0.5, 0.6) is 5.75 Å². The molecule has 1 N–H and O–H groups in total. The number of anilines is 1. The zero-order chi connectivity index (χ0) is 21.2. The van der Waals surface area contributed by atoms with E-state index in [4.69, 9.17) is 4.74 Å². The molecule has 1 aliphatic heterocycles. The average molecular weight is 417 g/mol. The van der Waals surface area contributed by atoms with E-state index in [0.29, 0.717) is 17.8 Å². The van der Waals surface area contributed by atoms with E-state index in [1.54, 1.807) is 18.2 Å². The standard InChI is InChI=1S/C22H28N2O4S/c1-15(2)28-20-9-5-7-17(14-20)16(3)23-22(25)19-10-11-21-18(13-19)8-6-12-24(21)29(4,26)27/h5,7,9-11,13-16H,6,8,12H2,1-4H3,(H,23,25). The first-order valence-electron chi connectivity index (χ1n) is 9.83. The van der Waals surface area contributed by atoms with Crippen LogP contribution in [0.25, 0.3) is 0 Å². The van der Waals surface area contributed by atoms with E-state index < -0.39 is 10.0 Å². The Hall–Kier alpha value is -2.54. The largest absolute Gasteiger partial charge is 0.491 e. The predicted molar refractivity (Wildman–Crippen MR) is 115 cm³/mol. The summed E-state index contributed by atoms with van der Waals surface area (Å²) in [7, 11) is -3.32. The van der Waals surface area contributed by atoms with Gasteiger partial charge in [0, 0.05) is 12.1 Å². The van der Waals surface area contributed by atoms with Crippen LogP contribution in [0.1, 0.15) is 54.7 Å². The van der Waals surface area contributed by atoms with Crippen LogP contribution in [0, 0.1) is 0 Å². The lowest BCUT2D eigenvalue weighted by Gasteiger charge is -2.29. The summed E-state index contributed by atoms with van der Waals surface area (Å²) in [4.78, 5) is 12.8. The number of amides is 1. The fourth-order valence-electron chi connectivity index (χ4n) is 3.54. The molecule has 0 radical (unpaired) electrons. The van der Waals surface area contributed by atoms with E-state index in [1.807, 2.05) is 45.0 Å². The van der Waals surface area contributed by atoms with Crippen molar-refractivity contribution in [3.63, 3.8) is 0 Å². The Morgan fingerprint density at radius 1 is 1.14 bits per heavy atom. The number of sulfonamides is 1. The van der Waals surface area contributed by atoms with E-state index in [0.717, 1.165) is 29.7 Å². The molecular weight excluding hydrogens is 388 g/mol. The number of hydrogen-bond acceptors (Lipinski definition) is 4. The first-order valence-corrected chi connectivity index (χ1v) is 11.7. The number of rotatable bonds is 6. The summed E-state index contributed by atoms with van der Waals surface area (Å²) in [6.45, 7) is 6.34. The van der Waals surface area contributed by atoms with Crippen molar-refractivity contribution in [3.8, 4) is 5.75 Å². The molecule has 0 aromatic heterocycles. The number of nitrogens with one attached hydrogen (secondary N) is 1. The van der Waals surface area contributed by atoms with Gasteiger partial charge in [0.25, 0.3) is 5.91 Å². The molecule has 7 heteroatoms. The minimum absolute atomic E-state index is 0.0807. The van der Waals surface area contributed by atoms with Crippen molar-refractivity contribution in [3.05, 3.63) is 59.2 Å². The molecule has 2 aromatic carbocycles. The number of carbonyl (C=O) groups is 1. The number of carbonyl (C=O) groups excluding carboxylic acids is 1. The van der Waals surface area contributed by atoms with Crippen LogP contribution in [0.2, 0.25) is 0 Å². The van der Waals surface area contributed by atoms with E-state index >= 15 is 0 Å². The zero-order valence-corrected chi connectivity index (χ0v) is 18.1. The van der Waals surface area contributed by atoms with Gasteiger partial charge >= 0.3 is 0 Å². The Morgan fingerprint density at radius 2 is 1.90 bits per heavy atom. The van der Waals surface area contributed by atoms with Crippen LogP contribution in [0.3, 0.4) is 0 Å². The molecule has 0 fully saturated rings. The van der Waals surface area contributed by atoms with Crippen molar-refractivity contribution in [1.82, 2.24) is 5.32 Å². The van der Waals surface area contributed by atoms with Crippen LogP contribution in [0.4, 0.5) is 5.69 Å². The third-order valence-corrected chi connectivity index (χ3v) is 6.08. The first-order chi connectivity index (χ1) is 13.6. The van der Waals surface area contributed by atoms with Gasteiger partial charge in [0.15, 0.2) is 0 Å². The highest BCUT2D eigenvalue weighted by molar-refractivity contribution is 7.92. The quantitative estimate of drug-likeness (QED) is 0.779. The van der Waals surface area contributed by atoms with Gasteiger partial charge in [-0.3, -0.25) is 9.10 Å². The van der Waals surface area contributed by atoms with Gasteiger partial charge in [-0.2, -0.15) is 0 Å². The average Bonchev–Trinajstić information content (AvgIpc) is 2.66. The predicted octanol–water partition coefficient (Wildman–Crippen LogP) is 3.68. The highest BCUT2D eigenvalue weighted by atomic mass is 32.2. The number of aryl methyl sites for hydroxylation is 1. The zero-order valence-electron chi connectivity index (χ0n) is 17.3. The van der Waals surface area contributed by atoms with Crippen LogP contribution in [-0.2, 0) is 16.4 Å². The van der Waals surface area contributed by atoms with Crippen LogP contribution in [0.15, 0.2) is 42.5 Å². The van der Waals surface area contributed by atoms with Crippen molar-refractivity contribution in [2.75, 3.05) is 17.1 Å². The maximum Gasteiger partial charge on any atom is 0.251 e. The van der Waals surface area contributed by atoms with Gasteiger partial charge in [-0.05, 0) is 75.1 Å². The molecule has 1 amide bonds. The van der Waals surface area contributed by atoms with Gasteiger partial charge in [0.1, 0.15) is 5.75 Å². The molecule has 1 heterocycles. The molecule has 3 rings (SSSR count). The highest BCUT2D eigenvalue weighted by Crippen LogP contribution is 2.30. The Labute approximate surface area is 172 Å². The number of hydrogen-bond donors (Lipinski definition) is 1. The lowest BCUT2D eigenvalue weighted by atomic mass is 10.00. The minimum Gasteiger partial charge on any atom is -0.491 e. The van der Waals surface area contributed by atoms with Crippen LogP contribution < -0.4 is 14.4 Å². The second-order valence-electron chi connectivity index (χ2n) is 7.72. The van der Waals surface area contributed by atoms with Gasteiger partial charge in [0.2, 0.25) is 10.0 Å². The third kappa shape index (κ3) is 5.09. The number of fused-ring (bicyclic) bond motifs is 1. The fourth-order valence-corrected chi connectivity index (χ4v) is 4.54.